The van der Waals surface area contributed by atoms with Gasteiger partial charge in [0.1, 0.15) is 0 Å². The van der Waals surface area contributed by atoms with Crippen LogP contribution in [0.1, 0.15) is 32.6 Å². The maximum Gasteiger partial charge on any atom is 2.00 e. The average molecular weight is 197 g/mol. The summed E-state index contributed by atoms with van der Waals surface area (Å²) in [5.41, 5.74) is 0. The SMILES string of the molecule is C1=CC2CCC1C2.[CH2-]CC.[Cl-].[Mg+2]. The van der Waals surface area contributed by atoms with Crippen LogP contribution in [0.3, 0.4) is 0 Å². The molecule has 0 N–H and O–H groups in total. The summed E-state index contributed by atoms with van der Waals surface area (Å²) in [5.74, 6) is 1.98. The molecule has 0 radical (unpaired) electrons. The Morgan fingerprint density at radius 2 is 1.58 bits per heavy atom. The third kappa shape index (κ3) is 4.73. The van der Waals surface area contributed by atoms with Crippen molar-refractivity contribution in [1.82, 2.24) is 0 Å². The summed E-state index contributed by atoms with van der Waals surface area (Å²) in [6, 6.07) is 0. The molecule has 0 aliphatic heterocycles. The van der Waals surface area contributed by atoms with Crippen LogP contribution in [-0.4, -0.2) is 23.1 Å². The summed E-state index contributed by atoms with van der Waals surface area (Å²) < 4.78 is 0. The van der Waals surface area contributed by atoms with Crippen molar-refractivity contribution < 1.29 is 12.4 Å². The zero-order valence-corrected chi connectivity index (χ0v) is 10.1. The van der Waals surface area contributed by atoms with E-state index < -0.39 is 0 Å². The van der Waals surface area contributed by atoms with Crippen molar-refractivity contribution >= 4 is 23.1 Å². The van der Waals surface area contributed by atoms with Crippen molar-refractivity contribution in [1.29, 1.82) is 0 Å². The predicted molar refractivity (Wildman–Crippen MR) is 51.4 cm³/mol. The second kappa shape index (κ2) is 8.40. The van der Waals surface area contributed by atoms with E-state index in [1.54, 1.807) is 0 Å². The quantitative estimate of drug-likeness (QED) is 0.287. The van der Waals surface area contributed by atoms with Gasteiger partial charge < -0.3 is 19.3 Å². The Hall–Kier alpha value is 0.796. The van der Waals surface area contributed by atoms with E-state index in [9.17, 15) is 0 Å². The fourth-order valence-electron chi connectivity index (χ4n) is 1.72. The number of hydrogen-bond acceptors (Lipinski definition) is 0. The second-order valence-electron chi connectivity index (χ2n) is 3.22. The van der Waals surface area contributed by atoms with Gasteiger partial charge >= 0.3 is 23.1 Å². The number of hydrogen-bond donors (Lipinski definition) is 0. The Bertz CT molecular complexity index is 111. The van der Waals surface area contributed by atoms with Crippen molar-refractivity contribution in [2.24, 2.45) is 11.8 Å². The monoisotopic (exact) mass is 196 g/mol. The van der Waals surface area contributed by atoms with Gasteiger partial charge in [-0.1, -0.05) is 19.1 Å². The molecule has 0 aromatic heterocycles. The molecule has 0 nitrogen and oxygen atoms in total. The number of halogens is 1. The van der Waals surface area contributed by atoms with Gasteiger partial charge in [0.25, 0.3) is 0 Å². The molecule has 2 heteroatoms. The largest absolute Gasteiger partial charge is 2.00 e. The van der Waals surface area contributed by atoms with Crippen LogP contribution in [-0.2, 0) is 0 Å². The van der Waals surface area contributed by atoms with E-state index in [1.807, 2.05) is 6.92 Å². The molecule has 2 unspecified atom stereocenters. The minimum atomic E-state index is 0. The van der Waals surface area contributed by atoms with E-state index in [0.717, 1.165) is 18.3 Å². The van der Waals surface area contributed by atoms with Gasteiger partial charge in [0, 0.05) is 0 Å². The summed E-state index contributed by atoms with van der Waals surface area (Å²) in [6.45, 7) is 5.50. The predicted octanol–water partition coefficient (Wildman–Crippen LogP) is -0.174. The summed E-state index contributed by atoms with van der Waals surface area (Å²) in [6.07, 6.45) is 10.2. The molecule has 0 aromatic rings. The minimum absolute atomic E-state index is 0. The summed E-state index contributed by atoms with van der Waals surface area (Å²) in [7, 11) is 0. The van der Waals surface area contributed by atoms with Crippen LogP contribution in [0.25, 0.3) is 0 Å². The topological polar surface area (TPSA) is 0 Å². The van der Waals surface area contributed by atoms with Crippen LogP contribution in [0.2, 0.25) is 0 Å². The fourth-order valence-corrected chi connectivity index (χ4v) is 1.72. The normalized spacial score (nSPS) is 28.2. The summed E-state index contributed by atoms with van der Waals surface area (Å²) >= 11 is 0. The van der Waals surface area contributed by atoms with Crippen molar-refractivity contribution in [3.8, 4) is 0 Å². The van der Waals surface area contributed by atoms with E-state index in [4.69, 9.17) is 0 Å². The van der Waals surface area contributed by atoms with Crippen LogP contribution in [0.5, 0.6) is 0 Å². The Morgan fingerprint density at radius 1 is 1.25 bits per heavy atom. The minimum Gasteiger partial charge on any atom is -1.00 e. The van der Waals surface area contributed by atoms with Crippen LogP contribution in [0, 0.1) is 18.8 Å². The van der Waals surface area contributed by atoms with Crippen LogP contribution in [0.4, 0.5) is 0 Å². The Balaban J connectivity index is 0. The first-order chi connectivity index (χ1) is 4.86. The first-order valence-corrected chi connectivity index (χ1v) is 4.34. The third-order valence-electron chi connectivity index (χ3n) is 2.17. The van der Waals surface area contributed by atoms with Crippen LogP contribution < -0.4 is 12.4 Å². The first-order valence-electron chi connectivity index (χ1n) is 4.34. The van der Waals surface area contributed by atoms with Crippen LogP contribution in [0.15, 0.2) is 12.2 Å². The standard InChI is InChI=1S/C7H10.C3H7.ClH.Mg/c1-2-7-4-3-6(1)5-7;1-3-2;;/h1-2,6-7H,3-5H2;1,3H2,2H3;1H;/q;-1;;+2/p-1. The van der Waals surface area contributed by atoms with Gasteiger partial charge in [-0.2, -0.15) is 6.42 Å². The van der Waals surface area contributed by atoms with Crippen molar-refractivity contribution in [2.75, 3.05) is 0 Å². The maximum atomic E-state index is 3.49. The van der Waals surface area contributed by atoms with E-state index in [-0.39, 0.29) is 35.5 Å². The molecule has 0 spiro atoms. The Morgan fingerprint density at radius 3 is 1.67 bits per heavy atom. The van der Waals surface area contributed by atoms with Gasteiger partial charge in [-0.3, -0.25) is 0 Å². The molecule has 2 aliphatic rings. The molecule has 0 heterocycles. The molecule has 12 heavy (non-hydrogen) atoms. The molecule has 2 rings (SSSR count). The third-order valence-corrected chi connectivity index (χ3v) is 2.17. The summed E-state index contributed by atoms with van der Waals surface area (Å²) in [4.78, 5) is 0. The van der Waals surface area contributed by atoms with E-state index in [1.165, 1.54) is 19.3 Å². The molecule has 0 aromatic carbocycles. The molecule has 2 bridgehead atoms. The Labute approximate surface area is 98.8 Å². The molecule has 2 aliphatic carbocycles. The zero-order chi connectivity index (χ0) is 7.40. The Kier molecular flexibility index (Phi) is 10.7. The average Bonchev–Trinajstić information content (AvgIpc) is 2.49. The molecular formula is C10H17ClMg. The molecule has 0 saturated heterocycles. The second-order valence-corrected chi connectivity index (χ2v) is 3.22. The first kappa shape index (κ1) is 15.3. The van der Waals surface area contributed by atoms with Crippen LogP contribution >= 0.6 is 0 Å². The van der Waals surface area contributed by atoms with Crippen molar-refractivity contribution in [3.63, 3.8) is 0 Å². The van der Waals surface area contributed by atoms with Gasteiger partial charge in [-0.15, -0.1) is 0 Å². The molecule has 1 fully saturated rings. The van der Waals surface area contributed by atoms with Crippen molar-refractivity contribution in [2.45, 2.75) is 32.6 Å². The summed E-state index contributed by atoms with van der Waals surface area (Å²) in [5, 5.41) is 0. The zero-order valence-electron chi connectivity index (χ0n) is 7.93. The molecular weight excluding hydrogens is 180 g/mol. The van der Waals surface area contributed by atoms with Gasteiger partial charge in [-0.25, -0.2) is 0 Å². The van der Waals surface area contributed by atoms with E-state index in [2.05, 4.69) is 19.1 Å². The number of rotatable bonds is 0. The number of fused-ring (bicyclic) bond motifs is 2. The van der Waals surface area contributed by atoms with E-state index >= 15 is 0 Å². The molecule has 2 atom stereocenters. The smallest absolute Gasteiger partial charge is 1.00 e. The van der Waals surface area contributed by atoms with Gasteiger partial charge in [0.15, 0.2) is 0 Å². The fraction of sp³-hybridized carbons (Fsp3) is 0.700. The number of allylic oxidation sites excluding steroid dienone is 2. The maximum absolute atomic E-state index is 3.49. The van der Waals surface area contributed by atoms with Gasteiger partial charge in [-0.05, 0) is 31.1 Å². The molecule has 1 saturated carbocycles. The van der Waals surface area contributed by atoms with Crippen molar-refractivity contribution in [3.05, 3.63) is 19.1 Å². The van der Waals surface area contributed by atoms with E-state index in [0.29, 0.717) is 0 Å². The van der Waals surface area contributed by atoms with Gasteiger partial charge in [0.2, 0.25) is 0 Å². The molecule has 66 valence electrons. The van der Waals surface area contributed by atoms with Gasteiger partial charge in [0.05, 0.1) is 0 Å². The molecule has 0 amide bonds.